The lowest BCUT2D eigenvalue weighted by molar-refractivity contribution is -0.247. The van der Waals surface area contributed by atoms with Gasteiger partial charge >= 0.3 is 36.7 Å². The molecule has 18 rings (SSSR count). The molecule has 0 atom stereocenters. The van der Waals surface area contributed by atoms with Crippen molar-refractivity contribution in [1.29, 1.82) is 0 Å². The molecule has 0 bridgehead atoms. The van der Waals surface area contributed by atoms with Crippen molar-refractivity contribution in [2.75, 3.05) is 0 Å². The molecule has 0 aliphatic heterocycles. The van der Waals surface area contributed by atoms with E-state index in [0.29, 0.717) is 31.6 Å². The predicted octanol–water partition coefficient (Wildman–Crippen LogP) is 31.7. The van der Waals surface area contributed by atoms with Crippen LogP contribution in [0, 0.1) is 23.3 Å². The zero-order valence-electron chi connectivity index (χ0n) is 76.3. The van der Waals surface area contributed by atoms with Crippen molar-refractivity contribution in [3.8, 4) is 17.2 Å². The summed E-state index contributed by atoms with van der Waals surface area (Å²) in [6, 6.07) is 104. The van der Waals surface area contributed by atoms with E-state index in [0.717, 1.165) is 177 Å². The first-order chi connectivity index (χ1) is 66.0. The van der Waals surface area contributed by atoms with Gasteiger partial charge in [-0.3, -0.25) is 4.55 Å². The Morgan fingerprint density at radius 1 is 0.270 bits per heavy atom. The van der Waals surface area contributed by atoms with Crippen LogP contribution in [0.3, 0.4) is 0 Å². The van der Waals surface area contributed by atoms with Crippen LogP contribution in [0.25, 0.3) is 0 Å². The Morgan fingerprint density at radius 3 is 0.664 bits per heavy atom. The Hall–Kier alpha value is -9.64. The number of halogens is 10. The molecule has 0 radical (unpaired) electrons. The van der Waals surface area contributed by atoms with Gasteiger partial charge in [-0.15, -0.1) is 0 Å². The first-order valence-corrected chi connectivity index (χ1v) is 55.5. The van der Waals surface area contributed by atoms with E-state index in [1.54, 1.807) is 12.1 Å². The number of benzene rings is 12. The molecule has 0 unspecified atom stereocenters. The number of rotatable bonds is 24. The van der Waals surface area contributed by atoms with Crippen LogP contribution in [0.2, 0.25) is 0 Å². The van der Waals surface area contributed by atoms with Gasteiger partial charge in [-0.1, -0.05) is 304 Å². The summed E-state index contributed by atoms with van der Waals surface area (Å²) < 4.78 is 247. The summed E-state index contributed by atoms with van der Waals surface area (Å²) in [6.45, 7) is 0. The fraction of sp³-hybridized carbons (Fsp3) is 0.351. The molecule has 26 heteroatoms. The first kappa shape index (κ1) is 103. The Kier molecular flexibility index (Phi) is 36.2. The van der Waals surface area contributed by atoms with Crippen LogP contribution >= 0.6 is 0 Å². The van der Waals surface area contributed by atoms with Crippen molar-refractivity contribution in [3.05, 3.63) is 354 Å². The van der Waals surface area contributed by atoms with Gasteiger partial charge < -0.3 is 13.5 Å². The van der Waals surface area contributed by atoms with Crippen LogP contribution in [0.15, 0.2) is 346 Å². The standard InChI is InChI=1S/C30H36F4O4S.C27H36F6O6S2.3C18H15S/c31-24-26(33)30(39(35,36)37)27(34)25(32)29(24)38-28-22(19-12-6-2-7-13-19)16-21(18-10-4-1-5-11-18)17-23(28)20-14-8-3-9-15-20;28-25(29,26(30,31)40(34,35)36)27(32,33)41(37,38)39-24-22(19-12-6-2-7-13-19)16-21(18-10-4-1-5-11-18)17-23(24)20-14-8-3-9-15-20;3*1-4-10-16(11-5-1)19(17-12-6-2-7-13-17)18-14-8-3-9-15-18/h16-20H,1-15H2,(H,35,36,37);16-20H,1-15H2,(H,34,35,36);3*1-15H/q;;3*+1/p-1. The van der Waals surface area contributed by atoms with Gasteiger partial charge in [-0.2, -0.15) is 52.0 Å². The van der Waals surface area contributed by atoms with E-state index < -0.39 is 86.4 Å². The van der Waals surface area contributed by atoms with Crippen molar-refractivity contribution in [2.45, 2.75) is 294 Å². The van der Waals surface area contributed by atoms with Crippen molar-refractivity contribution in [2.24, 2.45) is 0 Å². The van der Waals surface area contributed by atoms with Crippen molar-refractivity contribution in [1.82, 2.24) is 0 Å². The summed E-state index contributed by atoms with van der Waals surface area (Å²) in [6.07, 6.45) is 27.2. The van der Waals surface area contributed by atoms with Crippen molar-refractivity contribution >= 4 is 63.0 Å². The number of ether oxygens (including phenoxy) is 1. The van der Waals surface area contributed by atoms with Crippen LogP contribution in [0.1, 0.15) is 262 Å². The summed E-state index contributed by atoms with van der Waals surface area (Å²) in [5.74, 6) is -17.3. The summed E-state index contributed by atoms with van der Waals surface area (Å²) in [4.78, 5) is 10.1. The van der Waals surface area contributed by atoms with E-state index in [9.17, 15) is 64.9 Å². The minimum absolute atomic E-state index is 0.0146. The zero-order valence-corrected chi connectivity index (χ0v) is 81.2. The third kappa shape index (κ3) is 25.4. The average Bonchev–Trinajstić information content (AvgIpc) is 0.715. The van der Waals surface area contributed by atoms with E-state index in [1.807, 2.05) is 0 Å². The summed E-state index contributed by atoms with van der Waals surface area (Å²) in [5.41, 5.74) is 4.24. The van der Waals surface area contributed by atoms with E-state index >= 15 is 8.78 Å². The van der Waals surface area contributed by atoms with Gasteiger partial charge in [0.15, 0.2) is 55.7 Å². The van der Waals surface area contributed by atoms with Crippen molar-refractivity contribution in [3.63, 3.8) is 0 Å². The summed E-state index contributed by atoms with van der Waals surface area (Å²) in [5, 5.41) is -13.5. The number of hydrogen-bond donors (Lipinski definition) is 1. The molecule has 0 aromatic heterocycles. The highest BCUT2D eigenvalue weighted by atomic mass is 32.2. The summed E-state index contributed by atoms with van der Waals surface area (Å²) in [7, 11) is -19.9. The second-order valence-electron chi connectivity index (χ2n) is 35.9. The molecule has 1 N–H and O–H groups in total. The van der Waals surface area contributed by atoms with Crippen LogP contribution in [0.5, 0.6) is 17.2 Å². The lowest BCUT2D eigenvalue weighted by atomic mass is 9.75. The van der Waals surface area contributed by atoms with Crippen LogP contribution in [-0.2, 0) is 63.0 Å². The smallest absolute Gasteiger partial charge is 0.450 e. The molecule has 0 spiro atoms. The number of hydrogen-bond acceptors (Lipinski definition) is 9. The predicted molar refractivity (Wildman–Crippen MR) is 523 cm³/mol. The quantitative estimate of drug-likeness (QED) is 0.0202. The van der Waals surface area contributed by atoms with Gasteiger partial charge in [0.05, 0.1) is 32.7 Å². The van der Waals surface area contributed by atoms with Crippen LogP contribution < -0.4 is 8.92 Å². The summed E-state index contributed by atoms with van der Waals surface area (Å²) >= 11 is 0. The normalized spacial score (nSPS) is 16.7. The van der Waals surface area contributed by atoms with Crippen LogP contribution in [-0.4, -0.2) is 50.8 Å². The molecule has 0 saturated heterocycles. The SMILES string of the molecule is O=S(=O)(O)C(F)(F)C(F)(F)C(F)(F)S(=O)(=O)Oc1c(C2CCCCC2)cc(C2CCCCC2)cc1C1CCCCC1.O=S(=O)([O-])c1c(F)c(F)c(Oc2c(C3CCCCC3)cc(C3CCCCC3)cc2C2CCCCC2)c(F)c1F.c1ccc([S+](c2ccccc2)c2ccccc2)cc1.c1ccc([S+](c2ccccc2)c2ccccc2)cc1.c1ccc([S+](c2ccccc2)c2ccccc2)cc1. The van der Waals surface area contributed by atoms with E-state index in [1.165, 1.54) is 56.0 Å². The maximum Gasteiger partial charge on any atom is 0.450 e. The fourth-order valence-electron chi connectivity index (χ4n) is 19.7. The largest absolute Gasteiger partial charge is 0.744 e. The molecular weight excluding hydrogens is 1880 g/mol. The Labute approximate surface area is 809 Å². The van der Waals surface area contributed by atoms with E-state index in [4.69, 9.17) is 13.5 Å². The molecule has 137 heavy (non-hydrogen) atoms. The number of alkyl halides is 6. The molecule has 12 aromatic rings. The molecule has 6 saturated carbocycles. The minimum atomic E-state index is -7.13. The van der Waals surface area contributed by atoms with Gasteiger partial charge in [0.1, 0.15) is 26.5 Å². The van der Waals surface area contributed by atoms with Crippen LogP contribution in [0.4, 0.5) is 43.9 Å². The molecule has 6 aliphatic rings. The average molecular weight is 1990 g/mol. The maximum absolute atomic E-state index is 15.1. The monoisotopic (exact) mass is 1990 g/mol. The maximum atomic E-state index is 15.1. The Morgan fingerprint density at radius 2 is 0.467 bits per heavy atom. The molecule has 0 heterocycles. The van der Waals surface area contributed by atoms with Gasteiger partial charge in [0, 0.05) is 0 Å². The van der Waals surface area contributed by atoms with Gasteiger partial charge in [-0.25, -0.2) is 17.2 Å². The third-order valence-corrected chi connectivity index (χ3v) is 36.4. The highest BCUT2D eigenvalue weighted by Crippen LogP contribution is 2.56. The lowest BCUT2D eigenvalue weighted by Gasteiger charge is -2.33. The zero-order chi connectivity index (χ0) is 96.8. The molecule has 6 aliphatic carbocycles. The lowest BCUT2D eigenvalue weighted by Crippen LogP contribution is -2.61. The highest BCUT2D eigenvalue weighted by Gasteiger charge is 2.83. The first-order valence-electron chi connectivity index (χ1n) is 47.6. The van der Waals surface area contributed by atoms with E-state index in [-0.39, 0.29) is 79.2 Å². The topological polar surface area (TPSA) is 164 Å². The molecule has 724 valence electrons. The van der Waals surface area contributed by atoms with Crippen molar-refractivity contribution < 1.29 is 87.2 Å². The molecule has 0 amide bonds. The second-order valence-corrected chi connectivity index (χ2v) is 46.3. The minimum Gasteiger partial charge on any atom is -0.744 e. The molecule has 12 aromatic carbocycles. The fourth-order valence-corrected chi connectivity index (χ4v) is 28.1. The van der Waals surface area contributed by atoms with Gasteiger partial charge in [-0.05, 0) is 255 Å². The molecular formula is C111H116F10O10S6+2. The Balaban J connectivity index is 0.000000143. The molecule has 10 nitrogen and oxygen atoms in total. The Bertz CT molecular complexity index is 5530. The second kappa shape index (κ2) is 48.0. The van der Waals surface area contributed by atoms with Gasteiger partial charge in [0.2, 0.25) is 17.4 Å². The highest BCUT2D eigenvalue weighted by molar-refractivity contribution is 7.97. The van der Waals surface area contributed by atoms with E-state index in [2.05, 4.69) is 285 Å². The van der Waals surface area contributed by atoms with Gasteiger partial charge in [0.25, 0.3) is 0 Å². The molecule has 6 fully saturated rings. The third-order valence-electron chi connectivity index (χ3n) is 26.7.